The van der Waals surface area contributed by atoms with Crippen LogP contribution >= 0.6 is 15.9 Å². The second-order valence-electron chi connectivity index (χ2n) is 4.35. The van der Waals surface area contributed by atoms with E-state index in [1.165, 1.54) is 0 Å². The van der Waals surface area contributed by atoms with Gasteiger partial charge in [0.25, 0.3) is 0 Å². The summed E-state index contributed by atoms with van der Waals surface area (Å²) in [6.45, 7) is 2.17. The van der Waals surface area contributed by atoms with Crippen molar-refractivity contribution in [3.63, 3.8) is 0 Å². The van der Waals surface area contributed by atoms with Gasteiger partial charge in [0, 0.05) is 21.8 Å². The fourth-order valence-electron chi connectivity index (χ4n) is 2.41. The normalized spacial score (nSPS) is 20.1. The highest BCUT2D eigenvalue weighted by Gasteiger charge is 2.26. The van der Waals surface area contributed by atoms with Crippen molar-refractivity contribution in [3.8, 4) is 0 Å². The molecule has 0 saturated heterocycles. The Bertz CT molecular complexity index is 588. The Morgan fingerprint density at radius 2 is 2.38 bits per heavy atom. The van der Waals surface area contributed by atoms with Crippen LogP contribution in [0.4, 0.5) is 0 Å². The lowest BCUT2D eigenvalue weighted by atomic mass is 9.82. The number of Topliss-reactive ketones (excluding diaryl/α,β-unsaturated/α-hetero) is 1. The van der Waals surface area contributed by atoms with Gasteiger partial charge in [0.1, 0.15) is 0 Å². The van der Waals surface area contributed by atoms with Crippen molar-refractivity contribution in [2.45, 2.75) is 25.7 Å². The van der Waals surface area contributed by atoms with E-state index >= 15 is 0 Å². The molecule has 0 radical (unpaired) electrons. The molecule has 0 unspecified atom stereocenters. The molecule has 0 saturated carbocycles. The Morgan fingerprint density at radius 3 is 3.19 bits per heavy atom. The molecule has 3 nitrogen and oxygen atoms in total. The lowest BCUT2D eigenvalue weighted by Crippen LogP contribution is -2.14. The predicted octanol–water partition coefficient (Wildman–Crippen LogP) is 3.41. The molecule has 0 spiro atoms. The van der Waals surface area contributed by atoms with E-state index in [9.17, 15) is 4.79 Å². The van der Waals surface area contributed by atoms with E-state index in [0.29, 0.717) is 12.3 Å². The van der Waals surface area contributed by atoms with Crippen LogP contribution in [0.15, 0.2) is 16.7 Å². The van der Waals surface area contributed by atoms with E-state index in [2.05, 4.69) is 33.1 Å². The van der Waals surface area contributed by atoms with Gasteiger partial charge in [-0.2, -0.15) is 5.10 Å². The minimum absolute atomic E-state index is 0.241. The monoisotopic (exact) mass is 278 g/mol. The number of carbonyl (C=O) groups excluding carboxylic acids is 1. The van der Waals surface area contributed by atoms with Crippen LogP contribution in [0.3, 0.4) is 0 Å². The summed E-state index contributed by atoms with van der Waals surface area (Å²) < 4.78 is 1.02. The number of fused-ring (bicyclic) bond motifs is 2. The van der Waals surface area contributed by atoms with Gasteiger partial charge in [-0.1, -0.05) is 6.92 Å². The molecule has 2 aromatic rings. The topological polar surface area (TPSA) is 45.8 Å². The lowest BCUT2D eigenvalue weighted by molar-refractivity contribution is 0.0968. The van der Waals surface area contributed by atoms with Gasteiger partial charge < -0.3 is 0 Å². The summed E-state index contributed by atoms with van der Waals surface area (Å²) >= 11 is 3.60. The summed E-state index contributed by atoms with van der Waals surface area (Å²) in [6, 6.07) is 1.93. The third kappa shape index (κ3) is 1.26. The summed E-state index contributed by atoms with van der Waals surface area (Å²) in [6.07, 6.45) is 3.39. The smallest absolute Gasteiger partial charge is 0.163 e. The maximum Gasteiger partial charge on any atom is 0.163 e. The highest BCUT2D eigenvalue weighted by molar-refractivity contribution is 9.10. The molecule has 0 amide bonds. The van der Waals surface area contributed by atoms with Gasteiger partial charge in [-0.3, -0.25) is 9.89 Å². The van der Waals surface area contributed by atoms with Crippen molar-refractivity contribution in [1.82, 2.24) is 10.2 Å². The minimum Gasteiger partial charge on any atom is -0.294 e. The lowest BCUT2D eigenvalue weighted by Gasteiger charge is -2.22. The van der Waals surface area contributed by atoms with Crippen LogP contribution in [-0.2, 0) is 0 Å². The number of halogens is 1. The molecule has 1 heterocycles. The molecular weight excluding hydrogens is 268 g/mol. The zero-order chi connectivity index (χ0) is 11.3. The van der Waals surface area contributed by atoms with Gasteiger partial charge in [0.05, 0.1) is 11.7 Å². The summed E-state index contributed by atoms with van der Waals surface area (Å²) in [7, 11) is 0. The van der Waals surface area contributed by atoms with Crippen molar-refractivity contribution in [2.75, 3.05) is 0 Å². The average molecular weight is 279 g/mol. The Labute approximate surface area is 101 Å². The van der Waals surface area contributed by atoms with Crippen LogP contribution in [0.2, 0.25) is 0 Å². The first-order chi connectivity index (χ1) is 7.68. The number of nitrogens with one attached hydrogen (secondary N) is 1. The van der Waals surface area contributed by atoms with Gasteiger partial charge in [-0.15, -0.1) is 0 Å². The van der Waals surface area contributed by atoms with E-state index in [1.54, 1.807) is 6.20 Å². The Balaban J connectivity index is 2.41. The maximum atomic E-state index is 11.9. The molecule has 16 heavy (non-hydrogen) atoms. The molecule has 1 atom stereocenters. The minimum atomic E-state index is 0.241. The van der Waals surface area contributed by atoms with Crippen LogP contribution in [0.1, 0.15) is 41.6 Å². The second kappa shape index (κ2) is 3.42. The largest absolute Gasteiger partial charge is 0.294 e. The van der Waals surface area contributed by atoms with Crippen molar-refractivity contribution >= 4 is 32.6 Å². The molecule has 3 rings (SSSR count). The number of aromatic nitrogens is 2. The van der Waals surface area contributed by atoms with Gasteiger partial charge in [-0.05, 0) is 39.9 Å². The molecule has 82 valence electrons. The predicted molar refractivity (Wildman–Crippen MR) is 65.8 cm³/mol. The molecule has 1 aromatic carbocycles. The zero-order valence-electron chi connectivity index (χ0n) is 8.88. The number of benzene rings is 1. The molecule has 0 fully saturated rings. The average Bonchev–Trinajstić information content (AvgIpc) is 2.72. The first kappa shape index (κ1) is 10.0. The fraction of sp³-hybridized carbons (Fsp3) is 0.333. The van der Waals surface area contributed by atoms with E-state index in [-0.39, 0.29) is 5.78 Å². The van der Waals surface area contributed by atoms with Crippen LogP contribution in [-0.4, -0.2) is 16.0 Å². The fourth-order valence-corrected chi connectivity index (χ4v) is 3.33. The molecule has 1 aliphatic rings. The molecule has 1 aliphatic carbocycles. The van der Waals surface area contributed by atoms with Crippen LogP contribution < -0.4 is 0 Å². The molecular formula is C12H11BrN2O. The van der Waals surface area contributed by atoms with Crippen LogP contribution in [0.5, 0.6) is 0 Å². The molecule has 4 heteroatoms. The van der Waals surface area contributed by atoms with Crippen LogP contribution in [0, 0.1) is 0 Å². The van der Waals surface area contributed by atoms with Crippen molar-refractivity contribution in [1.29, 1.82) is 0 Å². The Kier molecular flexibility index (Phi) is 2.14. The van der Waals surface area contributed by atoms with E-state index < -0.39 is 0 Å². The third-order valence-corrected chi connectivity index (χ3v) is 4.17. The number of nitrogens with zero attached hydrogens (tertiary/aromatic N) is 1. The number of H-pyrrole nitrogens is 1. The molecule has 1 aromatic heterocycles. The van der Waals surface area contributed by atoms with Crippen molar-refractivity contribution in [3.05, 3.63) is 27.9 Å². The standard InChI is InChI=1S/C12H11BrN2O/c1-6-2-3-10(16)7-4-9-8(5-14-15-9)12(13)11(6)7/h4-6H,2-3H2,1H3,(H,14,15)/t6-/m1/s1. The van der Waals surface area contributed by atoms with E-state index in [1.807, 2.05) is 6.07 Å². The summed E-state index contributed by atoms with van der Waals surface area (Å²) in [5, 5.41) is 7.99. The first-order valence-corrected chi connectivity index (χ1v) is 6.16. The quantitative estimate of drug-likeness (QED) is 0.803. The maximum absolute atomic E-state index is 11.9. The number of rotatable bonds is 0. The number of carbonyl (C=O) groups is 1. The number of hydrogen-bond donors (Lipinski definition) is 1. The zero-order valence-corrected chi connectivity index (χ0v) is 10.5. The number of ketones is 1. The second-order valence-corrected chi connectivity index (χ2v) is 5.14. The van der Waals surface area contributed by atoms with Crippen molar-refractivity contribution in [2.24, 2.45) is 0 Å². The highest BCUT2D eigenvalue weighted by Crippen LogP contribution is 2.39. The summed E-state index contributed by atoms with van der Waals surface area (Å²) in [5.41, 5.74) is 2.92. The third-order valence-electron chi connectivity index (χ3n) is 3.32. The van der Waals surface area contributed by atoms with Gasteiger partial charge in [0.2, 0.25) is 0 Å². The van der Waals surface area contributed by atoms with Gasteiger partial charge in [-0.25, -0.2) is 0 Å². The first-order valence-electron chi connectivity index (χ1n) is 5.37. The summed E-state index contributed by atoms with van der Waals surface area (Å²) in [4.78, 5) is 11.9. The SMILES string of the molecule is C[C@@H]1CCC(=O)c2cc3[nH]ncc3c(Br)c21. The number of aromatic amines is 1. The van der Waals surface area contributed by atoms with Gasteiger partial charge >= 0.3 is 0 Å². The highest BCUT2D eigenvalue weighted by atomic mass is 79.9. The Morgan fingerprint density at radius 1 is 1.56 bits per heavy atom. The van der Waals surface area contributed by atoms with E-state index in [0.717, 1.165) is 32.9 Å². The van der Waals surface area contributed by atoms with Crippen LogP contribution in [0.25, 0.3) is 10.9 Å². The van der Waals surface area contributed by atoms with Crippen molar-refractivity contribution < 1.29 is 4.79 Å². The summed E-state index contributed by atoms with van der Waals surface area (Å²) in [5.74, 6) is 0.673. The Hall–Kier alpha value is -1.16. The molecule has 0 bridgehead atoms. The number of hydrogen-bond acceptors (Lipinski definition) is 2. The molecule has 1 N–H and O–H groups in total. The molecule has 0 aliphatic heterocycles. The van der Waals surface area contributed by atoms with Gasteiger partial charge in [0.15, 0.2) is 5.78 Å². The van der Waals surface area contributed by atoms with E-state index in [4.69, 9.17) is 0 Å².